The zero-order valence-corrected chi connectivity index (χ0v) is 19.2. The van der Waals surface area contributed by atoms with Crippen LogP contribution in [-0.4, -0.2) is 73.6 Å². The highest BCUT2D eigenvalue weighted by Gasteiger charge is 2.47. The summed E-state index contributed by atoms with van der Waals surface area (Å²) in [7, 11) is -2.08. The van der Waals surface area contributed by atoms with E-state index in [0.29, 0.717) is 22.2 Å². The van der Waals surface area contributed by atoms with Crippen molar-refractivity contribution in [2.75, 3.05) is 30.9 Å². The Balaban J connectivity index is 1.75. The van der Waals surface area contributed by atoms with Crippen molar-refractivity contribution in [2.45, 2.75) is 43.8 Å². The number of fused-ring (bicyclic) bond motifs is 1. The van der Waals surface area contributed by atoms with Gasteiger partial charge in [-0.3, -0.25) is 4.99 Å². The van der Waals surface area contributed by atoms with E-state index in [1.807, 2.05) is 0 Å². The fraction of sp³-hybridized carbons (Fsp3) is 0.556. The first-order valence-corrected chi connectivity index (χ1v) is 11.3. The maximum Gasteiger partial charge on any atom is 0.258 e. The van der Waals surface area contributed by atoms with Crippen LogP contribution in [0.15, 0.2) is 27.5 Å². The van der Waals surface area contributed by atoms with Crippen LogP contribution >= 0.6 is 11.6 Å². The molecular weight excluding hydrogens is 446 g/mol. The first kappa shape index (κ1) is 23.4. The van der Waals surface area contributed by atoms with Crippen LogP contribution in [0.2, 0.25) is 5.02 Å². The number of hydrogen-bond acceptors (Lipinski definition) is 10. The highest BCUT2D eigenvalue weighted by molar-refractivity contribution is 7.91. The maximum atomic E-state index is 12.4. The lowest BCUT2D eigenvalue weighted by atomic mass is 10.1. The number of allylic oxidation sites excluding steroid dienone is 1. The molecule has 2 saturated heterocycles. The van der Waals surface area contributed by atoms with Gasteiger partial charge in [-0.25, -0.2) is 13.4 Å². The predicted molar refractivity (Wildman–Crippen MR) is 120 cm³/mol. The minimum Gasteiger partial charge on any atom is -0.403 e. The number of nitrogens with two attached hydrogens (primary N) is 1. The Kier molecular flexibility index (Phi) is 6.84. The SMILES string of the molecule is CN=CC(=CN)Nc1ncc(Cl)c(N[C@@H]2COC3C(=NS(=O)(=O)C(C)(C)C)COC32)n1. The largest absolute Gasteiger partial charge is 0.403 e. The second kappa shape index (κ2) is 9.07. The average molecular weight is 472 g/mol. The van der Waals surface area contributed by atoms with Crippen molar-refractivity contribution < 1.29 is 17.9 Å². The topological polar surface area (TPSA) is 153 Å². The minimum atomic E-state index is -3.70. The van der Waals surface area contributed by atoms with Crippen LogP contribution in [0.25, 0.3) is 0 Å². The molecule has 3 rings (SSSR count). The van der Waals surface area contributed by atoms with Crippen molar-refractivity contribution in [1.82, 2.24) is 9.97 Å². The molecule has 0 amide bonds. The molecular formula is C18H26ClN7O4S. The Bertz CT molecular complexity index is 1020. The summed E-state index contributed by atoms with van der Waals surface area (Å²) in [6, 6.07) is -0.308. The standard InChI is InChI=1S/C18H26ClN7O4S/c1-18(2,3)31(27,28)26-13-9-30-14-12(8-29-15(13)14)24-16-11(19)7-22-17(25-16)23-10(5-20)6-21-4/h5-7,12,14-15H,8-9,20H2,1-4H3,(H2,22,23,24,25)/t12-,14?,15?/m1/s1. The summed E-state index contributed by atoms with van der Waals surface area (Å²) in [5.41, 5.74) is 6.42. The summed E-state index contributed by atoms with van der Waals surface area (Å²) in [4.78, 5) is 12.4. The van der Waals surface area contributed by atoms with Crippen LogP contribution in [0.1, 0.15) is 20.8 Å². The second-order valence-corrected chi connectivity index (χ2v) is 10.7. The number of sulfonamides is 1. The van der Waals surface area contributed by atoms with E-state index in [2.05, 4.69) is 30.0 Å². The summed E-state index contributed by atoms with van der Waals surface area (Å²) in [5.74, 6) is 0.638. The van der Waals surface area contributed by atoms with E-state index >= 15 is 0 Å². The summed E-state index contributed by atoms with van der Waals surface area (Å²) < 4.78 is 39.4. The van der Waals surface area contributed by atoms with Gasteiger partial charge in [-0.15, -0.1) is 0 Å². The Morgan fingerprint density at radius 3 is 2.77 bits per heavy atom. The van der Waals surface area contributed by atoms with Gasteiger partial charge in [0.15, 0.2) is 5.82 Å². The molecule has 0 saturated carbocycles. The minimum absolute atomic E-state index is 0.0775. The molecule has 0 bridgehead atoms. The molecule has 2 aliphatic heterocycles. The molecule has 2 unspecified atom stereocenters. The van der Waals surface area contributed by atoms with Crippen molar-refractivity contribution in [1.29, 1.82) is 0 Å². The van der Waals surface area contributed by atoms with Gasteiger partial charge in [-0.05, 0) is 20.8 Å². The lowest BCUT2D eigenvalue weighted by Crippen LogP contribution is -2.36. The Hall–Kier alpha value is -2.28. The smallest absolute Gasteiger partial charge is 0.258 e. The molecule has 0 radical (unpaired) electrons. The molecule has 4 N–H and O–H groups in total. The zero-order chi connectivity index (χ0) is 22.8. The third kappa shape index (κ3) is 5.14. The maximum absolute atomic E-state index is 12.4. The molecule has 13 heteroatoms. The van der Waals surface area contributed by atoms with Crippen molar-refractivity contribution in [3.05, 3.63) is 23.1 Å². The number of nitrogens with zero attached hydrogens (tertiary/aromatic N) is 4. The van der Waals surface area contributed by atoms with Crippen LogP contribution in [0.3, 0.4) is 0 Å². The van der Waals surface area contributed by atoms with E-state index in [1.54, 1.807) is 27.8 Å². The molecule has 2 aliphatic rings. The van der Waals surface area contributed by atoms with E-state index in [0.717, 1.165) is 0 Å². The van der Waals surface area contributed by atoms with Gasteiger partial charge in [0.2, 0.25) is 5.95 Å². The van der Waals surface area contributed by atoms with Gasteiger partial charge in [-0.2, -0.15) is 9.38 Å². The van der Waals surface area contributed by atoms with Gasteiger partial charge in [0.1, 0.15) is 17.2 Å². The predicted octanol–water partition coefficient (Wildman–Crippen LogP) is 1.19. The van der Waals surface area contributed by atoms with Gasteiger partial charge in [0.05, 0.1) is 41.6 Å². The van der Waals surface area contributed by atoms with E-state index in [4.69, 9.17) is 26.8 Å². The van der Waals surface area contributed by atoms with Crippen molar-refractivity contribution in [2.24, 2.45) is 15.1 Å². The van der Waals surface area contributed by atoms with Gasteiger partial charge >= 0.3 is 0 Å². The number of nitrogens with one attached hydrogen (secondary N) is 2. The molecule has 0 aromatic carbocycles. The molecule has 2 fully saturated rings. The number of hydrogen-bond donors (Lipinski definition) is 3. The molecule has 3 heterocycles. The average Bonchev–Trinajstić information content (AvgIpc) is 3.26. The third-order valence-electron chi connectivity index (χ3n) is 4.68. The van der Waals surface area contributed by atoms with Gasteiger partial charge in [0, 0.05) is 19.5 Å². The Labute approximate surface area is 186 Å². The van der Waals surface area contributed by atoms with E-state index in [9.17, 15) is 8.42 Å². The second-order valence-electron chi connectivity index (χ2n) is 7.97. The molecule has 0 aliphatic carbocycles. The molecule has 0 spiro atoms. The van der Waals surface area contributed by atoms with Crippen LogP contribution in [0.5, 0.6) is 0 Å². The first-order valence-electron chi connectivity index (χ1n) is 9.52. The number of anilines is 2. The Morgan fingerprint density at radius 1 is 1.39 bits per heavy atom. The lowest BCUT2D eigenvalue weighted by molar-refractivity contribution is 0.0759. The fourth-order valence-electron chi connectivity index (χ4n) is 2.94. The van der Waals surface area contributed by atoms with Crippen molar-refractivity contribution in [3.63, 3.8) is 0 Å². The molecule has 170 valence electrons. The molecule has 11 nitrogen and oxygen atoms in total. The molecule has 31 heavy (non-hydrogen) atoms. The number of rotatable bonds is 6. The van der Waals surface area contributed by atoms with E-state index in [-0.39, 0.29) is 25.2 Å². The highest BCUT2D eigenvalue weighted by atomic mass is 35.5. The van der Waals surface area contributed by atoms with Gasteiger partial charge in [0.25, 0.3) is 10.0 Å². The van der Waals surface area contributed by atoms with E-state index in [1.165, 1.54) is 18.6 Å². The fourth-order valence-corrected chi connectivity index (χ4v) is 3.83. The normalized spacial score (nSPS) is 25.9. The molecule has 1 aromatic heterocycles. The van der Waals surface area contributed by atoms with Crippen LogP contribution < -0.4 is 16.4 Å². The van der Waals surface area contributed by atoms with Gasteiger partial charge in [-0.1, -0.05) is 11.6 Å². The van der Waals surface area contributed by atoms with Gasteiger partial charge < -0.3 is 25.8 Å². The monoisotopic (exact) mass is 471 g/mol. The van der Waals surface area contributed by atoms with Crippen molar-refractivity contribution >= 4 is 45.3 Å². The Morgan fingerprint density at radius 2 is 2.13 bits per heavy atom. The number of ether oxygens (including phenoxy) is 2. The zero-order valence-electron chi connectivity index (χ0n) is 17.7. The number of halogens is 1. The van der Waals surface area contributed by atoms with E-state index < -0.39 is 27.0 Å². The summed E-state index contributed by atoms with van der Waals surface area (Å²) >= 11 is 6.25. The molecule has 1 aromatic rings. The van der Waals surface area contributed by atoms with Crippen LogP contribution in [0, 0.1) is 0 Å². The first-order chi connectivity index (χ1) is 14.6. The number of aromatic nitrogens is 2. The summed E-state index contributed by atoms with van der Waals surface area (Å²) in [5, 5.41) is 6.43. The highest BCUT2D eigenvalue weighted by Crippen LogP contribution is 2.30. The lowest BCUT2D eigenvalue weighted by Gasteiger charge is -2.19. The quantitative estimate of drug-likeness (QED) is 0.519. The third-order valence-corrected chi connectivity index (χ3v) is 6.98. The van der Waals surface area contributed by atoms with Crippen molar-refractivity contribution in [3.8, 4) is 0 Å². The summed E-state index contributed by atoms with van der Waals surface area (Å²) in [6.45, 7) is 5.14. The van der Waals surface area contributed by atoms with Crippen LogP contribution in [0.4, 0.5) is 11.8 Å². The summed E-state index contributed by atoms with van der Waals surface area (Å²) in [6.07, 6.45) is 3.33. The molecule has 3 atom stereocenters. The van der Waals surface area contributed by atoms with Crippen LogP contribution in [-0.2, 0) is 19.5 Å². The number of aliphatic imine (C=N–C) groups is 1.